The molecule has 0 aliphatic carbocycles. The lowest BCUT2D eigenvalue weighted by Crippen LogP contribution is -2.45. The summed E-state index contributed by atoms with van der Waals surface area (Å²) in [5.74, 6) is 0.762. The van der Waals surface area contributed by atoms with E-state index < -0.39 is 0 Å². The number of hydrogen-bond donors (Lipinski definition) is 2. The number of anilines is 1. The van der Waals surface area contributed by atoms with Crippen molar-refractivity contribution in [2.45, 2.75) is 31.8 Å². The van der Waals surface area contributed by atoms with Crippen molar-refractivity contribution in [1.29, 1.82) is 0 Å². The van der Waals surface area contributed by atoms with Gasteiger partial charge in [0.25, 0.3) is 0 Å². The van der Waals surface area contributed by atoms with E-state index in [1.165, 1.54) is 0 Å². The zero-order chi connectivity index (χ0) is 19.1. The summed E-state index contributed by atoms with van der Waals surface area (Å²) >= 11 is 0. The van der Waals surface area contributed by atoms with E-state index in [1.807, 2.05) is 24.3 Å². The number of hydrogen-bond acceptors (Lipinski definition) is 5. The first-order valence-corrected chi connectivity index (χ1v) is 9.65. The van der Waals surface area contributed by atoms with Gasteiger partial charge in [-0.2, -0.15) is 0 Å². The summed E-state index contributed by atoms with van der Waals surface area (Å²) < 4.78 is 16.7. The first-order valence-electron chi connectivity index (χ1n) is 9.65. The van der Waals surface area contributed by atoms with Crippen molar-refractivity contribution in [3.63, 3.8) is 0 Å². The summed E-state index contributed by atoms with van der Waals surface area (Å²) in [4.78, 5) is 14.1. The topological polar surface area (TPSA) is 80.3 Å². The van der Waals surface area contributed by atoms with E-state index in [0.717, 1.165) is 38.0 Å². The molecule has 7 heteroatoms. The second kappa shape index (κ2) is 9.39. The summed E-state index contributed by atoms with van der Waals surface area (Å²) in [5, 5.41) is 12.7. The van der Waals surface area contributed by atoms with Gasteiger partial charge in [-0.3, -0.25) is 0 Å². The summed E-state index contributed by atoms with van der Waals surface area (Å²) in [5.41, 5.74) is 0.436. The molecule has 2 aliphatic rings. The third-order valence-corrected chi connectivity index (χ3v) is 5.37. The van der Waals surface area contributed by atoms with E-state index in [9.17, 15) is 9.90 Å². The molecule has 7 nitrogen and oxygen atoms in total. The van der Waals surface area contributed by atoms with Gasteiger partial charge in [-0.1, -0.05) is 0 Å². The smallest absolute Gasteiger partial charge is 0.321 e. The van der Waals surface area contributed by atoms with E-state index in [2.05, 4.69) is 5.32 Å². The number of aliphatic hydroxyl groups is 1. The van der Waals surface area contributed by atoms with Crippen LogP contribution in [0.25, 0.3) is 0 Å². The highest BCUT2D eigenvalue weighted by Crippen LogP contribution is 2.31. The van der Waals surface area contributed by atoms with Gasteiger partial charge in [0.05, 0.1) is 12.7 Å². The molecule has 0 radical (unpaired) electrons. The Labute approximate surface area is 160 Å². The average Bonchev–Trinajstić information content (AvgIpc) is 3.22. The molecule has 3 rings (SSSR count). The third-order valence-electron chi connectivity index (χ3n) is 5.37. The van der Waals surface area contributed by atoms with Crippen LogP contribution in [0, 0.1) is 5.41 Å². The third kappa shape index (κ3) is 5.57. The largest absolute Gasteiger partial charge is 0.491 e. The lowest BCUT2D eigenvalue weighted by Gasteiger charge is -2.38. The second-order valence-electron chi connectivity index (χ2n) is 7.53. The van der Waals surface area contributed by atoms with Crippen LogP contribution in [0.1, 0.15) is 25.7 Å². The fourth-order valence-electron chi connectivity index (χ4n) is 3.56. The van der Waals surface area contributed by atoms with Crippen molar-refractivity contribution < 1.29 is 24.1 Å². The quantitative estimate of drug-likeness (QED) is 0.762. The number of aliphatic hydroxyl groups excluding tert-OH is 1. The van der Waals surface area contributed by atoms with Gasteiger partial charge in [0.2, 0.25) is 0 Å². The lowest BCUT2D eigenvalue weighted by molar-refractivity contribution is -0.0255. The maximum Gasteiger partial charge on any atom is 0.321 e. The maximum absolute atomic E-state index is 12.5. The highest BCUT2D eigenvalue weighted by atomic mass is 16.5. The number of rotatable bonds is 7. The minimum Gasteiger partial charge on any atom is -0.491 e. The molecule has 150 valence electrons. The fraction of sp³-hybridized carbons (Fsp3) is 0.650. The Morgan fingerprint density at radius 1 is 1.30 bits per heavy atom. The summed E-state index contributed by atoms with van der Waals surface area (Å²) in [7, 11) is 1.75. The normalized spacial score (nSPS) is 21.6. The fourth-order valence-corrected chi connectivity index (χ4v) is 3.56. The van der Waals surface area contributed by atoms with Crippen LogP contribution in [-0.4, -0.2) is 68.8 Å². The van der Waals surface area contributed by atoms with Crippen LogP contribution in [0.15, 0.2) is 24.3 Å². The molecule has 0 unspecified atom stereocenters. The van der Waals surface area contributed by atoms with Gasteiger partial charge in [-0.05, 0) is 49.9 Å². The van der Waals surface area contributed by atoms with E-state index in [1.54, 1.807) is 11.9 Å². The number of carbonyl (C=O) groups excluding carboxylic acids is 1. The lowest BCUT2D eigenvalue weighted by atomic mass is 9.80. The molecular weight excluding hydrogens is 348 g/mol. The predicted molar refractivity (Wildman–Crippen MR) is 102 cm³/mol. The first kappa shape index (κ1) is 19.9. The molecule has 1 atom stereocenters. The summed E-state index contributed by atoms with van der Waals surface area (Å²) in [6.07, 6.45) is 3.84. The van der Waals surface area contributed by atoms with E-state index in [4.69, 9.17) is 14.2 Å². The van der Waals surface area contributed by atoms with E-state index in [0.29, 0.717) is 32.1 Å². The van der Waals surface area contributed by atoms with Crippen LogP contribution in [0.3, 0.4) is 0 Å². The Hall–Kier alpha value is -1.83. The van der Waals surface area contributed by atoms with Crippen LogP contribution in [0.5, 0.6) is 5.75 Å². The second-order valence-corrected chi connectivity index (χ2v) is 7.53. The zero-order valence-corrected chi connectivity index (χ0v) is 16.0. The molecule has 0 bridgehead atoms. The zero-order valence-electron chi connectivity index (χ0n) is 16.0. The van der Waals surface area contributed by atoms with Crippen molar-refractivity contribution >= 4 is 11.7 Å². The monoisotopic (exact) mass is 378 g/mol. The molecule has 2 fully saturated rings. The Morgan fingerprint density at radius 3 is 2.67 bits per heavy atom. The minimum absolute atomic E-state index is 0.0602. The predicted octanol–water partition coefficient (Wildman–Crippen LogP) is 2.50. The van der Waals surface area contributed by atoms with Gasteiger partial charge < -0.3 is 29.5 Å². The molecule has 2 heterocycles. The van der Waals surface area contributed by atoms with Crippen LogP contribution in [0.2, 0.25) is 0 Å². The Balaban J connectivity index is 1.47. The Morgan fingerprint density at radius 2 is 2.04 bits per heavy atom. The molecule has 0 spiro atoms. The molecule has 1 aromatic rings. The molecule has 2 saturated heterocycles. The molecule has 0 saturated carbocycles. The summed E-state index contributed by atoms with van der Waals surface area (Å²) in [6.45, 7) is 3.19. The highest BCUT2D eigenvalue weighted by molar-refractivity contribution is 5.89. The van der Waals surface area contributed by atoms with Crippen LogP contribution in [-0.2, 0) is 9.47 Å². The number of urea groups is 1. The van der Waals surface area contributed by atoms with E-state index in [-0.39, 0.29) is 24.2 Å². The maximum atomic E-state index is 12.5. The Kier molecular flexibility index (Phi) is 6.93. The molecule has 2 N–H and O–H groups in total. The molecule has 1 aromatic carbocycles. The SMILES string of the molecule is CN(CC1(CO)CCOCC1)C(=O)Nc1ccc(OC[C@H]2CCCO2)cc1. The van der Waals surface area contributed by atoms with Crippen molar-refractivity contribution in [3.8, 4) is 5.75 Å². The molecule has 2 amide bonds. The van der Waals surface area contributed by atoms with Gasteiger partial charge in [-0.25, -0.2) is 4.79 Å². The number of benzene rings is 1. The number of carbonyl (C=O) groups is 1. The first-order chi connectivity index (χ1) is 13.1. The average molecular weight is 378 g/mol. The molecular formula is C20H30N2O5. The van der Waals surface area contributed by atoms with Gasteiger partial charge >= 0.3 is 6.03 Å². The van der Waals surface area contributed by atoms with Gasteiger partial charge in [0, 0.05) is 44.5 Å². The molecule has 0 aromatic heterocycles. The highest BCUT2D eigenvalue weighted by Gasteiger charge is 2.34. The number of nitrogens with one attached hydrogen (secondary N) is 1. The minimum atomic E-state index is -0.273. The van der Waals surface area contributed by atoms with Crippen molar-refractivity contribution in [2.24, 2.45) is 5.41 Å². The van der Waals surface area contributed by atoms with Crippen LogP contribution in [0.4, 0.5) is 10.5 Å². The number of nitrogens with zero attached hydrogens (tertiary/aromatic N) is 1. The van der Waals surface area contributed by atoms with Gasteiger partial charge in [0.1, 0.15) is 12.4 Å². The van der Waals surface area contributed by atoms with Crippen molar-refractivity contribution in [2.75, 3.05) is 51.9 Å². The van der Waals surface area contributed by atoms with Crippen molar-refractivity contribution in [3.05, 3.63) is 24.3 Å². The Bertz CT molecular complexity index is 595. The molecule has 27 heavy (non-hydrogen) atoms. The van der Waals surface area contributed by atoms with Gasteiger partial charge in [0.15, 0.2) is 0 Å². The number of amides is 2. The van der Waals surface area contributed by atoms with E-state index >= 15 is 0 Å². The van der Waals surface area contributed by atoms with Crippen LogP contribution >= 0.6 is 0 Å². The van der Waals surface area contributed by atoms with Crippen molar-refractivity contribution in [1.82, 2.24) is 4.90 Å². The number of ether oxygens (including phenoxy) is 3. The summed E-state index contributed by atoms with van der Waals surface area (Å²) in [6, 6.07) is 7.15. The van der Waals surface area contributed by atoms with Crippen LogP contribution < -0.4 is 10.1 Å². The standard InChI is InChI=1S/C20H30N2O5/c1-22(14-20(15-23)8-11-25-12-9-20)19(24)21-16-4-6-17(7-5-16)27-13-18-3-2-10-26-18/h4-7,18,23H,2-3,8-15H2,1H3,(H,21,24)/t18-/m1/s1. The molecule has 2 aliphatic heterocycles. The van der Waals surface area contributed by atoms with Gasteiger partial charge in [-0.15, -0.1) is 0 Å².